The van der Waals surface area contributed by atoms with Crippen LogP contribution in [0, 0.1) is 19.7 Å². The highest BCUT2D eigenvalue weighted by atomic mass is 19.1. The minimum absolute atomic E-state index is 0.137. The van der Waals surface area contributed by atoms with Crippen LogP contribution in [0.15, 0.2) is 42.5 Å². The van der Waals surface area contributed by atoms with Gasteiger partial charge in [0.05, 0.1) is 0 Å². The average Bonchev–Trinajstić information content (AvgIpc) is 2.41. The zero-order chi connectivity index (χ0) is 14.7. The number of hydrogen-bond acceptors (Lipinski definition) is 2. The Balaban J connectivity index is 2.34. The third kappa shape index (κ3) is 3.15. The van der Waals surface area contributed by atoms with Gasteiger partial charge in [0.25, 0.3) is 0 Å². The molecule has 0 aromatic heterocycles. The normalized spacial score (nSPS) is 11.9. The first-order valence-electron chi connectivity index (χ1n) is 6.29. The Bertz CT molecular complexity index is 623. The summed E-state index contributed by atoms with van der Waals surface area (Å²) in [5.74, 6) is -1.64. The van der Waals surface area contributed by atoms with Gasteiger partial charge in [-0.25, -0.2) is 9.18 Å². The van der Waals surface area contributed by atoms with Crippen LogP contribution in [-0.4, -0.2) is 11.1 Å². The minimum atomic E-state index is -1.12. The predicted molar refractivity (Wildman–Crippen MR) is 76.3 cm³/mol. The maximum atomic E-state index is 13.8. The molecule has 1 unspecified atom stereocenters. The van der Waals surface area contributed by atoms with Crippen LogP contribution in [0.1, 0.15) is 22.7 Å². The van der Waals surface area contributed by atoms with E-state index in [-0.39, 0.29) is 5.56 Å². The molecule has 0 saturated carbocycles. The van der Waals surface area contributed by atoms with Crippen molar-refractivity contribution in [2.75, 3.05) is 5.32 Å². The molecule has 3 nitrogen and oxygen atoms in total. The molecule has 0 bridgehead atoms. The van der Waals surface area contributed by atoms with E-state index in [1.165, 1.54) is 6.07 Å². The largest absolute Gasteiger partial charge is 0.479 e. The second-order valence-electron chi connectivity index (χ2n) is 4.81. The third-order valence-electron chi connectivity index (χ3n) is 3.07. The number of aryl methyl sites for hydroxylation is 2. The Morgan fingerprint density at radius 1 is 1.10 bits per heavy atom. The van der Waals surface area contributed by atoms with E-state index in [1.54, 1.807) is 31.2 Å². The summed E-state index contributed by atoms with van der Waals surface area (Å²) in [6, 6.07) is 10.6. The molecule has 2 aromatic carbocycles. The van der Waals surface area contributed by atoms with E-state index < -0.39 is 17.8 Å². The van der Waals surface area contributed by atoms with Crippen LogP contribution in [-0.2, 0) is 4.79 Å². The van der Waals surface area contributed by atoms with Crippen molar-refractivity contribution in [2.24, 2.45) is 0 Å². The van der Waals surface area contributed by atoms with Crippen molar-refractivity contribution in [3.8, 4) is 0 Å². The third-order valence-corrected chi connectivity index (χ3v) is 3.07. The number of hydrogen-bond donors (Lipinski definition) is 2. The van der Waals surface area contributed by atoms with E-state index in [1.807, 2.05) is 19.1 Å². The number of rotatable bonds is 4. The highest BCUT2D eigenvalue weighted by Gasteiger charge is 2.23. The zero-order valence-corrected chi connectivity index (χ0v) is 11.4. The first kappa shape index (κ1) is 14.1. The van der Waals surface area contributed by atoms with Crippen LogP contribution in [0.4, 0.5) is 10.1 Å². The van der Waals surface area contributed by atoms with Crippen molar-refractivity contribution in [2.45, 2.75) is 19.9 Å². The fraction of sp³-hybridized carbons (Fsp3) is 0.188. The topological polar surface area (TPSA) is 49.3 Å². The first-order chi connectivity index (χ1) is 9.47. The number of carboxylic acid groups (broad SMARTS) is 1. The molecule has 0 spiro atoms. The van der Waals surface area contributed by atoms with Crippen LogP contribution in [0.3, 0.4) is 0 Å². The second kappa shape index (κ2) is 5.74. The van der Waals surface area contributed by atoms with Crippen molar-refractivity contribution >= 4 is 11.7 Å². The Morgan fingerprint density at radius 3 is 2.30 bits per heavy atom. The van der Waals surface area contributed by atoms with E-state index in [4.69, 9.17) is 0 Å². The van der Waals surface area contributed by atoms with Gasteiger partial charge in [-0.05, 0) is 32.0 Å². The number of halogens is 1. The second-order valence-corrected chi connectivity index (χ2v) is 4.81. The maximum Gasteiger partial charge on any atom is 0.330 e. The van der Waals surface area contributed by atoms with Gasteiger partial charge in [-0.15, -0.1) is 0 Å². The molecule has 2 aromatic rings. The molecule has 0 aliphatic carbocycles. The lowest BCUT2D eigenvalue weighted by atomic mass is 10.0. The number of benzene rings is 2. The Hall–Kier alpha value is -2.36. The molecule has 2 rings (SSSR count). The van der Waals surface area contributed by atoms with Crippen LogP contribution < -0.4 is 5.32 Å². The van der Waals surface area contributed by atoms with Crippen molar-refractivity contribution < 1.29 is 14.3 Å². The molecule has 4 heteroatoms. The summed E-state index contributed by atoms with van der Waals surface area (Å²) >= 11 is 0. The van der Waals surface area contributed by atoms with Crippen LogP contribution >= 0.6 is 0 Å². The van der Waals surface area contributed by atoms with Crippen LogP contribution in [0.5, 0.6) is 0 Å². The van der Waals surface area contributed by atoms with Crippen molar-refractivity contribution in [1.29, 1.82) is 0 Å². The molecule has 0 fully saturated rings. The molecular weight excluding hydrogens is 257 g/mol. The lowest BCUT2D eigenvalue weighted by molar-refractivity contribution is -0.138. The highest BCUT2D eigenvalue weighted by Crippen LogP contribution is 2.23. The number of carbonyl (C=O) groups is 1. The molecule has 2 N–H and O–H groups in total. The van der Waals surface area contributed by atoms with Gasteiger partial charge in [0.15, 0.2) is 6.04 Å². The first-order valence-corrected chi connectivity index (χ1v) is 6.29. The molecule has 0 aliphatic heterocycles. The maximum absolute atomic E-state index is 13.8. The summed E-state index contributed by atoms with van der Waals surface area (Å²) in [5.41, 5.74) is 2.67. The molecule has 1 atom stereocenters. The minimum Gasteiger partial charge on any atom is -0.479 e. The number of anilines is 1. The standard InChI is InChI=1S/C16H16FNO2/c1-10-3-6-12(7-4-10)18-15(16(19)20)13-9-11(2)5-8-14(13)17/h3-9,15,18H,1-2H3,(H,19,20). The molecule has 0 heterocycles. The predicted octanol–water partition coefficient (Wildman–Crippen LogP) is 3.68. The van der Waals surface area contributed by atoms with E-state index in [9.17, 15) is 14.3 Å². The summed E-state index contributed by atoms with van der Waals surface area (Å²) in [6.45, 7) is 3.74. The van der Waals surface area contributed by atoms with Crippen LogP contribution in [0.2, 0.25) is 0 Å². The van der Waals surface area contributed by atoms with Gasteiger partial charge in [0, 0.05) is 11.3 Å². The van der Waals surface area contributed by atoms with Gasteiger partial charge in [0.2, 0.25) is 0 Å². The molecule has 0 amide bonds. The smallest absolute Gasteiger partial charge is 0.330 e. The molecule has 0 aliphatic rings. The Morgan fingerprint density at radius 2 is 1.70 bits per heavy atom. The zero-order valence-electron chi connectivity index (χ0n) is 11.4. The number of aliphatic carboxylic acids is 1. The van der Waals surface area contributed by atoms with E-state index >= 15 is 0 Å². The van der Waals surface area contributed by atoms with Gasteiger partial charge < -0.3 is 10.4 Å². The quantitative estimate of drug-likeness (QED) is 0.893. The SMILES string of the molecule is Cc1ccc(NC(C(=O)O)c2cc(C)ccc2F)cc1. The Kier molecular flexibility index (Phi) is 4.03. The van der Waals surface area contributed by atoms with Crippen LogP contribution in [0.25, 0.3) is 0 Å². The fourth-order valence-electron chi connectivity index (χ4n) is 1.97. The van der Waals surface area contributed by atoms with Crippen molar-refractivity contribution in [1.82, 2.24) is 0 Å². The van der Waals surface area contributed by atoms with Crippen molar-refractivity contribution in [3.05, 3.63) is 65.0 Å². The lowest BCUT2D eigenvalue weighted by Gasteiger charge is -2.17. The van der Waals surface area contributed by atoms with Gasteiger partial charge in [-0.3, -0.25) is 0 Å². The highest BCUT2D eigenvalue weighted by molar-refractivity contribution is 5.79. The summed E-state index contributed by atoms with van der Waals surface area (Å²) in [5, 5.41) is 12.2. The van der Waals surface area contributed by atoms with E-state index in [2.05, 4.69) is 5.32 Å². The lowest BCUT2D eigenvalue weighted by Crippen LogP contribution is -2.21. The number of carboxylic acids is 1. The number of nitrogens with one attached hydrogen (secondary N) is 1. The molecule has 20 heavy (non-hydrogen) atoms. The van der Waals surface area contributed by atoms with Gasteiger partial charge in [-0.1, -0.05) is 35.4 Å². The molecular formula is C16H16FNO2. The molecule has 0 radical (unpaired) electrons. The fourth-order valence-corrected chi connectivity index (χ4v) is 1.97. The van der Waals surface area contributed by atoms with Gasteiger partial charge in [-0.2, -0.15) is 0 Å². The summed E-state index contributed by atoms with van der Waals surface area (Å²) in [7, 11) is 0. The van der Waals surface area contributed by atoms with E-state index in [0.29, 0.717) is 5.69 Å². The van der Waals surface area contributed by atoms with Gasteiger partial charge >= 0.3 is 5.97 Å². The summed E-state index contributed by atoms with van der Waals surface area (Å²) in [6.07, 6.45) is 0. The molecule has 0 saturated heterocycles. The van der Waals surface area contributed by atoms with Gasteiger partial charge in [0.1, 0.15) is 5.82 Å². The van der Waals surface area contributed by atoms with Crippen molar-refractivity contribution in [3.63, 3.8) is 0 Å². The average molecular weight is 273 g/mol. The Labute approximate surface area is 117 Å². The summed E-state index contributed by atoms with van der Waals surface area (Å²) < 4.78 is 13.8. The summed E-state index contributed by atoms with van der Waals surface area (Å²) in [4.78, 5) is 11.4. The van der Waals surface area contributed by atoms with E-state index in [0.717, 1.165) is 11.1 Å². The molecule has 104 valence electrons. The monoisotopic (exact) mass is 273 g/mol.